The maximum absolute atomic E-state index is 13.1. The number of alkyl halides is 3. The van der Waals surface area contributed by atoms with Crippen LogP contribution in [-0.4, -0.2) is 27.5 Å². The molecular weight excluding hydrogens is 444 g/mol. The third-order valence-corrected chi connectivity index (χ3v) is 5.10. The minimum absolute atomic E-state index is 0.318. The number of rotatable bonds is 7. The molecular formula is C23H20F4N2O4. The number of ketones is 1. The zero-order chi connectivity index (χ0) is 24.3. The molecule has 2 aromatic heterocycles. The molecule has 0 bridgehead atoms. The van der Waals surface area contributed by atoms with Gasteiger partial charge in [0.05, 0.1) is 5.56 Å². The maximum atomic E-state index is 13.1. The molecule has 3 aromatic rings. The molecule has 0 spiro atoms. The molecule has 0 radical (unpaired) electrons. The summed E-state index contributed by atoms with van der Waals surface area (Å²) in [6.07, 6.45) is -4.15. The second-order valence-corrected chi connectivity index (χ2v) is 7.46. The Kier molecular flexibility index (Phi) is 6.85. The van der Waals surface area contributed by atoms with E-state index in [2.05, 4.69) is 0 Å². The van der Waals surface area contributed by atoms with E-state index in [-0.39, 0.29) is 5.82 Å². The molecule has 0 saturated heterocycles. The fraction of sp³-hybridized carbons (Fsp3) is 0.261. The minimum Gasteiger partial charge on any atom is -0.456 e. The normalized spacial score (nSPS) is 11.5. The van der Waals surface area contributed by atoms with E-state index in [4.69, 9.17) is 4.74 Å². The summed E-state index contributed by atoms with van der Waals surface area (Å²) < 4.78 is 58.9. The Morgan fingerprint density at radius 2 is 1.70 bits per heavy atom. The molecule has 0 aliphatic rings. The lowest BCUT2D eigenvalue weighted by molar-refractivity contribution is -0.144. The average molecular weight is 464 g/mol. The summed E-state index contributed by atoms with van der Waals surface area (Å²) >= 11 is 0. The Balaban J connectivity index is 1.66. The average Bonchev–Trinajstić information content (AvgIpc) is 3.02. The summed E-state index contributed by atoms with van der Waals surface area (Å²) in [5.41, 5.74) is 0.637. The van der Waals surface area contributed by atoms with E-state index in [1.54, 1.807) is 32.0 Å². The highest BCUT2D eigenvalue weighted by molar-refractivity contribution is 5.99. The number of benzene rings is 1. The Hall–Kier alpha value is -3.69. The van der Waals surface area contributed by atoms with Gasteiger partial charge in [0.15, 0.2) is 6.61 Å². The van der Waals surface area contributed by atoms with Crippen molar-refractivity contribution in [2.75, 3.05) is 6.61 Å². The summed E-state index contributed by atoms with van der Waals surface area (Å²) in [5.74, 6) is -1.88. The molecule has 0 saturated carbocycles. The number of aryl methyl sites for hydroxylation is 1. The Labute approximate surface area is 186 Å². The molecule has 2 heterocycles. The lowest BCUT2D eigenvalue weighted by atomic mass is 10.1. The number of halogens is 4. The highest BCUT2D eigenvalue weighted by Crippen LogP contribution is 2.28. The van der Waals surface area contributed by atoms with Crippen LogP contribution in [0.3, 0.4) is 0 Å². The monoisotopic (exact) mass is 464 g/mol. The molecule has 0 aliphatic carbocycles. The number of carbonyl (C=O) groups is 2. The van der Waals surface area contributed by atoms with Gasteiger partial charge in [-0.3, -0.25) is 14.4 Å². The molecule has 0 atom stereocenters. The Morgan fingerprint density at radius 1 is 1.03 bits per heavy atom. The van der Waals surface area contributed by atoms with Gasteiger partial charge < -0.3 is 13.9 Å². The first-order valence-corrected chi connectivity index (χ1v) is 9.83. The lowest BCUT2D eigenvalue weighted by Crippen LogP contribution is -2.27. The highest BCUT2D eigenvalue weighted by atomic mass is 19.4. The fourth-order valence-electron chi connectivity index (χ4n) is 3.33. The molecule has 0 N–H and O–H groups in total. The van der Waals surface area contributed by atoms with Crippen LogP contribution in [0.25, 0.3) is 0 Å². The SMILES string of the molecule is Cc1cc(C(=O)COC(=O)Cn2cc(C(F)(F)F)ccc2=O)c(C)n1Cc1ccc(F)cc1. The van der Waals surface area contributed by atoms with Crippen LogP contribution in [0.2, 0.25) is 0 Å². The molecule has 10 heteroatoms. The van der Waals surface area contributed by atoms with Crippen LogP contribution in [0.15, 0.2) is 53.5 Å². The van der Waals surface area contributed by atoms with Crippen LogP contribution in [-0.2, 0) is 28.8 Å². The second-order valence-electron chi connectivity index (χ2n) is 7.46. The van der Waals surface area contributed by atoms with Crippen LogP contribution in [0.4, 0.5) is 17.6 Å². The van der Waals surface area contributed by atoms with Crippen LogP contribution in [0, 0.1) is 19.7 Å². The largest absolute Gasteiger partial charge is 0.456 e. The van der Waals surface area contributed by atoms with E-state index in [0.29, 0.717) is 40.7 Å². The van der Waals surface area contributed by atoms with E-state index in [1.165, 1.54) is 12.1 Å². The topological polar surface area (TPSA) is 70.3 Å². The summed E-state index contributed by atoms with van der Waals surface area (Å²) in [6, 6.07) is 8.90. The number of Topliss-reactive ketones (excluding diaryl/α,β-unsaturated/α-hetero) is 1. The van der Waals surface area contributed by atoms with Crippen molar-refractivity contribution in [1.29, 1.82) is 0 Å². The molecule has 174 valence electrons. The van der Waals surface area contributed by atoms with E-state index in [9.17, 15) is 31.9 Å². The van der Waals surface area contributed by atoms with E-state index in [1.807, 2.05) is 4.57 Å². The predicted octanol–water partition coefficient (Wildman–Crippen LogP) is 3.90. The predicted molar refractivity (Wildman–Crippen MR) is 110 cm³/mol. The van der Waals surface area contributed by atoms with Gasteiger partial charge in [-0.2, -0.15) is 13.2 Å². The van der Waals surface area contributed by atoms with Gasteiger partial charge in [0.1, 0.15) is 12.4 Å². The molecule has 33 heavy (non-hydrogen) atoms. The van der Waals surface area contributed by atoms with Crippen molar-refractivity contribution in [3.8, 4) is 0 Å². The quantitative estimate of drug-likeness (QED) is 0.302. The lowest BCUT2D eigenvalue weighted by Gasteiger charge is -2.11. The number of ether oxygens (including phenoxy) is 1. The molecule has 3 rings (SSSR count). The van der Waals surface area contributed by atoms with Gasteiger partial charge in [-0.1, -0.05) is 12.1 Å². The van der Waals surface area contributed by atoms with Crippen LogP contribution < -0.4 is 5.56 Å². The highest BCUT2D eigenvalue weighted by Gasteiger charge is 2.31. The number of hydrogen-bond acceptors (Lipinski definition) is 4. The van der Waals surface area contributed by atoms with Crippen molar-refractivity contribution in [2.45, 2.75) is 33.1 Å². The fourth-order valence-corrected chi connectivity index (χ4v) is 3.33. The first-order valence-electron chi connectivity index (χ1n) is 9.83. The van der Waals surface area contributed by atoms with Gasteiger partial charge in [0, 0.05) is 35.8 Å². The Morgan fingerprint density at radius 3 is 2.33 bits per heavy atom. The molecule has 0 unspecified atom stereocenters. The van der Waals surface area contributed by atoms with Gasteiger partial charge in [-0.05, 0) is 43.7 Å². The van der Waals surface area contributed by atoms with E-state index < -0.39 is 42.2 Å². The first-order chi connectivity index (χ1) is 15.5. The minimum atomic E-state index is -4.67. The number of esters is 1. The zero-order valence-corrected chi connectivity index (χ0v) is 17.8. The molecule has 0 aliphatic heterocycles. The van der Waals surface area contributed by atoms with Crippen molar-refractivity contribution >= 4 is 11.8 Å². The standard InChI is InChI=1S/C23H20F4N2O4/c1-14-9-19(15(2)29(14)10-16-3-6-18(24)7-4-16)20(30)13-33-22(32)12-28-11-17(23(25,26)27)5-8-21(28)31/h3-9,11H,10,12-13H2,1-2H3. The molecule has 0 amide bonds. The summed E-state index contributed by atoms with van der Waals surface area (Å²) in [6.45, 7) is 2.52. The zero-order valence-electron chi connectivity index (χ0n) is 17.8. The second kappa shape index (κ2) is 9.43. The van der Waals surface area contributed by atoms with Crippen LogP contribution in [0.1, 0.15) is 32.9 Å². The van der Waals surface area contributed by atoms with Gasteiger partial charge >= 0.3 is 12.1 Å². The van der Waals surface area contributed by atoms with E-state index >= 15 is 0 Å². The van der Waals surface area contributed by atoms with Crippen molar-refractivity contribution in [2.24, 2.45) is 0 Å². The van der Waals surface area contributed by atoms with Crippen molar-refractivity contribution in [3.63, 3.8) is 0 Å². The number of aromatic nitrogens is 2. The van der Waals surface area contributed by atoms with Crippen molar-refractivity contribution in [1.82, 2.24) is 9.13 Å². The molecule has 6 nitrogen and oxygen atoms in total. The first kappa shape index (κ1) is 24.0. The van der Waals surface area contributed by atoms with Gasteiger partial charge in [0.25, 0.3) is 5.56 Å². The summed E-state index contributed by atoms with van der Waals surface area (Å²) in [7, 11) is 0. The van der Waals surface area contributed by atoms with Gasteiger partial charge in [0.2, 0.25) is 5.78 Å². The molecule has 0 fully saturated rings. The van der Waals surface area contributed by atoms with Crippen molar-refractivity contribution < 1.29 is 31.9 Å². The number of pyridine rings is 1. The number of nitrogens with zero attached hydrogens (tertiary/aromatic N) is 2. The third-order valence-electron chi connectivity index (χ3n) is 5.10. The van der Waals surface area contributed by atoms with E-state index in [0.717, 1.165) is 11.3 Å². The number of hydrogen-bond donors (Lipinski definition) is 0. The third kappa shape index (κ3) is 5.76. The molecule has 1 aromatic carbocycles. The smallest absolute Gasteiger partial charge is 0.417 e. The van der Waals surface area contributed by atoms with Crippen LogP contribution >= 0.6 is 0 Å². The Bertz CT molecular complexity index is 1240. The summed E-state index contributed by atoms with van der Waals surface area (Å²) in [4.78, 5) is 36.4. The number of carbonyl (C=O) groups excluding carboxylic acids is 2. The summed E-state index contributed by atoms with van der Waals surface area (Å²) in [5, 5.41) is 0. The van der Waals surface area contributed by atoms with Gasteiger partial charge in [-0.25, -0.2) is 4.39 Å². The van der Waals surface area contributed by atoms with Crippen molar-refractivity contribution in [3.05, 3.63) is 92.9 Å². The van der Waals surface area contributed by atoms with Gasteiger partial charge in [-0.15, -0.1) is 0 Å². The van der Waals surface area contributed by atoms with Crippen LogP contribution in [0.5, 0.6) is 0 Å². The maximum Gasteiger partial charge on any atom is 0.417 e.